The van der Waals surface area contributed by atoms with Crippen molar-refractivity contribution in [2.75, 3.05) is 19.7 Å². The molecule has 0 aromatic carbocycles. The maximum atomic E-state index is 8.92. The summed E-state index contributed by atoms with van der Waals surface area (Å²) in [7, 11) is 0. The average Bonchev–Trinajstić information content (AvgIpc) is 2.41. The molecule has 1 saturated heterocycles. The second-order valence-corrected chi connectivity index (χ2v) is 4.22. The van der Waals surface area contributed by atoms with Crippen LogP contribution in [0, 0.1) is 17.8 Å². The van der Waals surface area contributed by atoms with E-state index >= 15 is 0 Å². The summed E-state index contributed by atoms with van der Waals surface area (Å²) >= 11 is 0. The Bertz CT molecular complexity index is 146. The summed E-state index contributed by atoms with van der Waals surface area (Å²) in [6.45, 7) is 7.37. The molecule has 1 saturated carbocycles. The third-order valence-corrected chi connectivity index (χ3v) is 3.34. The fourth-order valence-corrected chi connectivity index (χ4v) is 2.37. The first-order valence-electron chi connectivity index (χ1n) is 4.59. The normalized spacial score (nSPS) is 43.1. The molecule has 2 aliphatic rings. The Hall–Kier alpha value is -0.0800. The molecule has 11 heavy (non-hydrogen) atoms. The van der Waals surface area contributed by atoms with Crippen LogP contribution in [0.2, 0.25) is 0 Å². The molecule has 2 fully saturated rings. The van der Waals surface area contributed by atoms with Crippen LogP contribution in [-0.4, -0.2) is 35.7 Å². The van der Waals surface area contributed by atoms with Crippen molar-refractivity contribution in [1.29, 1.82) is 0 Å². The van der Waals surface area contributed by atoms with Gasteiger partial charge in [0.15, 0.2) is 0 Å². The van der Waals surface area contributed by atoms with E-state index in [1.807, 2.05) is 0 Å². The van der Waals surface area contributed by atoms with Crippen molar-refractivity contribution in [1.82, 2.24) is 4.90 Å². The van der Waals surface area contributed by atoms with Gasteiger partial charge >= 0.3 is 0 Å². The summed E-state index contributed by atoms with van der Waals surface area (Å²) in [6.07, 6.45) is 0. The quantitative estimate of drug-likeness (QED) is 0.630. The molecule has 64 valence electrons. The number of likely N-dealkylation sites (tertiary alicyclic amines) is 1. The van der Waals surface area contributed by atoms with Gasteiger partial charge in [0.1, 0.15) is 0 Å². The van der Waals surface area contributed by atoms with E-state index in [1.165, 1.54) is 13.1 Å². The van der Waals surface area contributed by atoms with Crippen molar-refractivity contribution < 1.29 is 5.11 Å². The molecular weight excluding hydrogens is 138 g/mol. The summed E-state index contributed by atoms with van der Waals surface area (Å²) in [6, 6.07) is 0.696. The van der Waals surface area contributed by atoms with Gasteiger partial charge in [-0.15, -0.1) is 0 Å². The topological polar surface area (TPSA) is 23.5 Å². The van der Waals surface area contributed by atoms with Crippen LogP contribution >= 0.6 is 0 Å². The van der Waals surface area contributed by atoms with Crippen molar-refractivity contribution >= 4 is 0 Å². The van der Waals surface area contributed by atoms with Crippen LogP contribution in [-0.2, 0) is 0 Å². The van der Waals surface area contributed by atoms with Crippen LogP contribution in [0.15, 0.2) is 0 Å². The fourth-order valence-electron chi connectivity index (χ4n) is 2.37. The van der Waals surface area contributed by atoms with Gasteiger partial charge in [0.25, 0.3) is 0 Å². The molecule has 2 atom stereocenters. The van der Waals surface area contributed by atoms with E-state index in [1.54, 1.807) is 0 Å². The second-order valence-electron chi connectivity index (χ2n) is 4.22. The lowest BCUT2D eigenvalue weighted by molar-refractivity contribution is 0.197. The number of rotatable bonds is 2. The Labute approximate surface area is 68.2 Å². The van der Waals surface area contributed by atoms with E-state index in [0.717, 1.165) is 11.8 Å². The predicted octanol–water partition coefficient (Wildman–Crippen LogP) is 0.565. The summed E-state index contributed by atoms with van der Waals surface area (Å²) in [4.78, 5) is 2.52. The smallest absolute Gasteiger partial charge is 0.0465 e. The predicted molar refractivity (Wildman–Crippen MR) is 44.3 cm³/mol. The lowest BCUT2D eigenvalue weighted by atomic mass is 10.2. The monoisotopic (exact) mass is 155 g/mol. The average molecular weight is 155 g/mol. The molecule has 2 nitrogen and oxygen atoms in total. The Balaban J connectivity index is 1.85. The Morgan fingerprint density at radius 1 is 1.36 bits per heavy atom. The van der Waals surface area contributed by atoms with Gasteiger partial charge in [-0.25, -0.2) is 0 Å². The first-order chi connectivity index (χ1) is 5.24. The van der Waals surface area contributed by atoms with Crippen molar-refractivity contribution in [3.63, 3.8) is 0 Å². The highest BCUT2D eigenvalue weighted by atomic mass is 16.3. The Kier molecular flexibility index (Phi) is 1.69. The largest absolute Gasteiger partial charge is 0.396 e. The molecule has 1 N–H and O–H groups in total. The number of aliphatic hydroxyl groups excluding tert-OH is 1. The third-order valence-electron chi connectivity index (χ3n) is 3.34. The second kappa shape index (κ2) is 2.46. The molecule has 2 heteroatoms. The Morgan fingerprint density at radius 3 is 2.27 bits per heavy atom. The van der Waals surface area contributed by atoms with Crippen LogP contribution in [0.1, 0.15) is 13.8 Å². The molecule has 1 aliphatic carbocycles. The highest BCUT2D eigenvalue weighted by Crippen LogP contribution is 2.51. The first kappa shape index (κ1) is 7.56. The van der Waals surface area contributed by atoms with Crippen LogP contribution in [0.4, 0.5) is 0 Å². The lowest BCUT2D eigenvalue weighted by Gasteiger charge is -2.22. The third kappa shape index (κ3) is 1.09. The van der Waals surface area contributed by atoms with E-state index in [9.17, 15) is 0 Å². The zero-order valence-corrected chi connectivity index (χ0v) is 7.33. The van der Waals surface area contributed by atoms with Gasteiger partial charge in [-0.2, -0.15) is 0 Å². The van der Waals surface area contributed by atoms with Gasteiger partial charge in [0.2, 0.25) is 0 Å². The minimum absolute atomic E-state index is 0.418. The molecular formula is C9H17NO. The lowest BCUT2D eigenvalue weighted by Crippen LogP contribution is -2.31. The zero-order chi connectivity index (χ0) is 8.01. The first-order valence-corrected chi connectivity index (χ1v) is 4.59. The molecule has 1 aliphatic heterocycles. The fraction of sp³-hybridized carbons (Fsp3) is 1.00. The van der Waals surface area contributed by atoms with Gasteiger partial charge in [-0.3, -0.25) is 0 Å². The van der Waals surface area contributed by atoms with Gasteiger partial charge in [0, 0.05) is 25.7 Å². The van der Waals surface area contributed by atoms with Crippen molar-refractivity contribution in [3.8, 4) is 0 Å². The van der Waals surface area contributed by atoms with Crippen LogP contribution in [0.25, 0.3) is 0 Å². The summed E-state index contributed by atoms with van der Waals surface area (Å²) in [5.74, 6) is 2.33. The highest BCUT2D eigenvalue weighted by molar-refractivity contribution is 5.05. The molecule has 1 heterocycles. The number of piperidine rings is 1. The maximum Gasteiger partial charge on any atom is 0.0465 e. The summed E-state index contributed by atoms with van der Waals surface area (Å²) in [5, 5.41) is 8.92. The minimum atomic E-state index is 0.418. The van der Waals surface area contributed by atoms with Crippen molar-refractivity contribution in [3.05, 3.63) is 0 Å². The molecule has 0 aromatic rings. The van der Waals surface area contributed by atoms with Crippen LogP contribution in [0.5, 0.6) is 0 Å². The number of hydrogen-bond acceptors (Lipinski definition) is 2. The summed E-state index contributed by atoms with van der Waals surface area (Å²) < 4.78 is 0. The van der Waals surface area contributed by atoms with Gasteiger partial charge in [0.05, 0.1) is 0 Å². The van der Waals surface area contributed by atoms with E-state index in [2.05, 4.69) is 18.7 Å². The van der Waals surface area contributed by atoms with Gasteiger partial charge < -0.3 is 10.0 Å². The van der Waals surface area contributed by atoms with Gasteiger partial charge in [-0.1, -0.05) is 0 Å². The van der Waals surface area contributed by atoms with Crippen LogP contribution in [0.3, 0.4) is 0 Å². The van der Waals surface area contributed by atoms with Crippen LogP contribution < -0.4 is 0 Å². The molecule has 0 radical (unpaired) electrons. The Morgan fingerprint density at radius 2 is 1.91 bits per heavy atom. The maximum absolute atomic E-state index is 8.92. The zero-order valence-electron chi connectivity index (χ0n) is 7.33. The van der Waals surface area contributed by atoms with E-state index in [0.29, 0.717) is 18.6 Å². The van der Waals surface area contributed by atoms with Crippen molar-refractivity contribution in [2.45, 2.75) is 19.9 Å². The number of hydrogen-bond donors (Lipinski definition) is 1. The van der Waals surface area contributed by atoms with Gasteiger partial charge in [-0.05, 0) is 31.6 Å². The molecule has 0 bridgehead atoms. The highest BCUT2D eigenvalue weighted by Gasteiger charge is 2.55. The summed E-state index contributed by atoms with van der Waals surface area (Å²) in [5.41, 5.74) is 0. The standard InChI is InChI=1S/C9H17NO/c1-6(2)10-3-7-8(4-10)9(7)5-11/h6-9,11H,3-5H2,1-2H3. The SMILES string of the molecule is CC(C)N1CC2C(CO)C2C1. The van der Waals surface area contributed by atoms with E-state index in [-0.39, 0.29) is 0 Å². The number of nitrogens with zero attached hydrogens (tertiary/aromatic N) is 1. The van der Waals surface area contributed by atoms with Crippen molar-refractivity contribution in [2.24, 2.45) is 17.8 Å². The molecule has 0 amide bonds. The number of fused-ring (bicyclic) bond motifs is 1. The molecule has 2 unspecified atom stereocenters. The molecule has 0 spiro atoms. The van der Waals surface area contributed by atoms with E-state index in [4.69, 9.17) is 5.11 Å². The number of aliphatic hydroxyl groups is 1. The molecule has 2 rings (SSSR count). The molecule has 0 aromatic heterocycles. The minimum Gasteiger partial charge on any atom is -0.396 e. The van der Waals surface area contributed by atoms with E-state index < -0.39 is 0 Å².